The zero-order chi connectivity index (χ0) is 22.9. The van der Waals surface area contributed by atoms with Crippen molar-refractivity contribution in [1.29, 1.82) is 0 Å². The van der Waals surface area contributed by atoms with Crippen molar-refractivity contribution >= 4 is 11.8 Å². The van der Waals surface area contributed by atoms with Crippen LogP contribution in [0.4, 0.5) is 5.82 Å². The predicted molar refractivity (Wildman–Crippen MR) is 137 cm³/mol. The molecule has 0 aliphatic carbocycles. The van der Waals surface area contributed by atoms with Crippen LogP contribution in [0.25, 0.3) is 0 Å². The number of aromatic nitrogens is 1. The van der Waals surface area contributed by atoms with Crippen LogP contribution in [0.15, 0.2) is 47.6 Å². The minimum absolute atomic E-state index is 0.699. The molecule has 33 heavy (non-hydrogen) atoms. The fourth-order valence-corrected chi connectivity index (χ4v) is 4.47. The van der Waals surface area contributed by atoms with Crippen LogP contribution in [-0.4, -0.2) is 74.1 Å². The molecule has 1 aromatic carbocycles. The van der Waals surface area contributed by atoms with Gasteiger partial charge in [-0.3, -0.25) is 9.89 Å². The Morgan fingerprint density at radius 3 is 2.09 bits per heavy atom. The van der Waals surface area contributed by atoms with Crippen molar-refractivity contribution in [1.82, 2.24) is 25.4 Å². The van der Waals surface area contributed by atoms with E-state index in [-0.39, 0.29) is 0 Å². The number of pyridine rings is 1. The fourth-order valence-electron chi connectivity index (χ4n) is 4.47. The Kier molecular flexibility index (Phi) is 8.55. The van der Waals surface area contributed by atoms with Crippen molar-refractivity contribution in [3.05, 3.63) is 59.3 Å². The summed E-state index contributed by atoms with van der Waals surface area (Å²) in [5.41, 5.74) is 3.81. The Morgan fingerprint density at radius 1 is 0.818 bits per heavy atom. The Morgan fingerprint density at radius 2 is 1.45 bits per heavy atom. The predicted octanol–water partition coefficient (Wildman–Crippen LogP) is 2.68. The van der Waals surface area contributed by atoms with Crippen LogP contribution in [-0.2, 0) is 19.6 Å². The maximum absolute atomic E-state index is 4.68. The number of nitrogens with zero attached hydrogens (tertiary/aromatic N) is 5. The monoisotopic (exact) mass is 449 g/mol. The largest absolute Gasteiger partial charge is 0.354 e. The van der Waals surface area contributed by atoms with Gasteiger partial charge < -0.3 is 20.4 Å². The molecule has 178 valence electrons. The van der Waals surface area contributed by atoms with Gasteiger partial charge in [-0.25, -0.2) is 4.98 Å². The third-order valence-corrected chi connectivity index (χ3v) is 6.66. The van der Waals surface area contributed by atoms with Gasteiger partial charge in [0.1, 0.15) is 5.82 Å². The van der Waals surface area contributed by atoms with Gasteiger partial charge in [0.2, 0.25) is 0 Å². The number of benzene rings is 1. The molecule has 2 aliphatic rings. The lowest BCUT2D eigenvalue weighted by molar-refractivity contribution is 0.221. The molecule has 0 spiro atoms. The Hall–Kier alpha value is -2.64. The lowest BCUT2D eigenvalue weighted by Gasteiger charge is -2.33. The standard InChI is InChI=1S/C26H39N7/c1-27-26(29-18-22-6-8-23(9-7-22)21-32-12-4-3-5-13-32)30-20-24-10-11-25(28-19-24)33-16-14-31(2)15-17-33/h6-11,19H,3-5,12-18,20-21H2,1-2H3,(H2,27,29,30). The summed E-state index contributed by atoms with van der Waals surface area (Å²) in [7, 11) is 3.98. The number of likely N-dealkylation sites (tertiary alicyclic amines) is 1. The van der Waals surface area contributed by atoms with Crippen LogP contribution in [0.1, 0.15) is 36.0 Å². The highest BCUT2D eigenvalue weighted by molar-refractivity contribution is 5.79. The Balaban J connectivity index is 1.20. The van der Waals surface area contributed by atoms with Crippen molar-refractivity contribution < 1.29 is 0 Å². The summed E-state index contributed by atoms with van der Waals surface area (Å²) in [5.74, 6) is 1.87. The minimum Gasteiger partial charge on any atom is -0.354 e. The molecular formula is C26H39N7. The lowest BCUT2D eigenvalue weighted by atomic mass is 10.1. The molecule has 2 aromatic rings. The Bertz CT molecular complexity index is 865. The van der Waals surface area contributed by atoms with Crippen molar-refractivity contribution in [2.24, 2.45) is 4.99 Å². The van der Waals surface area contributed by atoms with E-state index in [1.807, 2.05) is 13.2 Å². The fraction of sp³-hybridized carbons (Fsp3) is 0.538. The highest BCUT2D eigenvalue weighted by Gasteiger charge is 2.15. The molecule has 0 radical (unpaired) electrons. The smallest absolute Gasteiger partial charge is 0.191 e. The molecule has 0 saturated carbocycles. The van der Waals surface area contributed by atoms with Gasteiger partial charge in [-0.15, -0.1) is 0 Å². The van der Waals surface area contributed by atoms with E-state index in [9.17, 15) is 0 Å². The quantitative estimate of drug-likeness (QED) is 0.501. The van der Waals surface area contributed by atoms with E-state index in [0.29, 0.717) is 6.54 Å². The summed E-state index contributed by atoms with van der Waals surface area (Å²) in [6.07, 6.45) is 6.03. The molecular weight excluding hydrogens is 410 g/mol. The van der Waals surface area contributed by atoms with Crippen molar-refractivity contribution in [3.8, 4) is 0 Å². The summed E-state index contributed by atoms with van der Waals surface area (Å²) >= 11 is 0. The zero-order valence-electron chi connectivity index (χ0n) is 20.3. The topological polar surface area (TPSA) is 59.0 Å². The molecule has 0 unspecified atom stereocenters. The first-order valence-corrected chi connectivity index (χ1v) is 12.3. The van der Waals surface area contributed by atoms with E-state index in [1.54, 1.807) is 0 Å². The van der Waals surface area contributed by atoms with E-state index in [0.717, 1.165) is 56.6 Å². The first kappa shape index (κ1) is 23.5. The minimum atomic E-state index is 0.699. The van der Waals surface area contributed by atoms with Crippen molar-refractivity contribution in [2.45, 2.75) is 38.9 Å². The van der Waals surface area contributed by atoms with E-state index in [1.165, 1.54) is 43.5 Å². The summed E-state index contributed by atoms with van der Waals surface area (Å²) in [5, 5.41) is 6.82. The number of piperazine rings is 1. The molecule has 2 saturated heterocycles. The number of hydrogen-bond acceptors (Lipinski definition) is 5. The molecule has 7 nitrogen and oxygen atoms in total. The number of anilines is 1. The van der Waals surface area contributed by atoms with Gasteiger partial charge >= 0.3 is 0 Å². The van der Waals surface area contributed by atoms with E-state index >= 15 is 0 Å². The highest BCUT2D eigenvalue weighted by atomic mass is 15.3. The molecule has 0 atom stereocenters. The maximum Gasteiger partial charge on any atom is 0.191 e. The summed E-state index contributed by atoms with van der Waals surface area (Å²) in [4.78, 5) is 16.3. The number of guanidine groups is 1. The van der Waals surface area contributed by atoms with Gasteiger partial charge in [0.25, 0.3) is 0 Å². The zero-order valence-corrected chi connectivity index (χ0v) is 20.3. The molecule has 7 heteroatoms. The summed E-state index contributed by atoms with van der Waals surface area (Å²) in [6.45, 7) is 9.25. The normalized spacial score (nSPS) is 18.4. The van der Waals surface area contributed by atoms with Gasteiger partial charge in [0, 0.05) is 59.1 Å². The van der Waals surface area contributed by atoms with Gasteiger partial charge in [-0.2, -0.15) is 0 Å². The second kappa shape index (κ2) is 12.0. The SMILES string of the molecule is CN=C(NCc1ccc(CN2CCCCC2)cc1)NCc1ccc(N2CCN(C)CC2)nc1. The average molecular weight is 450 g/mol. The molecule has 0 amide bonds. The molecule has 3 heterocycles. The second-order valence-corrected chi connectivity index (χ2v) is 9.25. The van der Waals surface area contributed by atoms with E-state index < -0.39 is 0 Å². The Labute approximate surface area is 198 Å². The molecule has 4 rings (SSSR count). The first-order chi connectivity index (χ1) is 16.2. The van der Waals surface area contributed by atoms with Crippen LogP contribution < -0.4 is 15.5 Å². The number of piperidine rings is 1. The van der Waals surface area contributed by atoms with Crippen molar-refractivity contribution in [2.75, 3.05) is 58.3 Å². The number of rotatable bonds is 7. The molecule has 1 aromatic heterocycles. The van der Waals surface area contributed by atoms with Crippen LogP contribution >= 0.6 is 0 Å². The van der Waals surface area contributed by atoms with Gasteiger partial charge in [0.15, 0.2) is 5.96 Å². The molecule has 2 fully saturated rings. The molecule has 0 bridgehead atoms. The third-order valence-electron chi connectivity index (χ3n) is 6.66. The number of nitrogens with one attached hydrogen (secondary N) is 2. The summed E-state index contributed by atoms with van der Waals surface area (Å²) < 4.78 is 0. The summed E-state index contributed by atoms with van der Waals surface area (Å²) in [6, 6.07) is 13.2. The van der Waals surface area contributed by atoms with Gasteiger partial charge in [0.05, 0.1) is 0 Å². The van der Waals surface area contributed by atoms with Gasteiger partial charge in [-0.05, 0) is 55.7 Å². The van der Waals surface area contributed by atoms with Crippen LogP contribution in [0.5, 0.6) is 0 Å². The first-order valence-electron chi connectivity index (χ1n) is 12.3. The van der Waals surface area contributed by atoms with E-state index in [4.69, 9.17) is 0 Å². The van der Waals surface area contributed by atoms with Crippen LogP contribution in [0, 0.1) is 0 Å². The third kappa shape index (κ3) is 7.17. The average Bonchev–Trinajstić information content (AvgIpc) is 2.87. The van der Waals surface area contributed by atoms with E-state index in [2.05, 4.69) is 78.8 Å². The van der Waals surface area contributed by atoms with Crippen LogP contribution in [0.3, 0.4) is 0 Å². The molecule has 2 N–H and O–H groups in total. The van der Waals surface area contributed by atoms with Crippen molar-refractivity contribution in [3.63, 3.8) is 0 Å². The maximum atomic E-state index is 4.68. The molecule has 2 aliphatic heterocycles. The number of hydrogen-bond donors (Lipinski definition) is 2. The number of aliphatic imine (C=N–C) groups is 1. The van der Waals surface area contributed by atoms with Gasteiger partial charge in [-0.1, -0.05) is 36.8 Å². The van der Waals surface area contributed by atoms with Crippen LogP contribution in [0.2, 0.25) is 0 Å². The highest BCUT2D eigenvalue weighted by Crippen LogP contribution is 2.15. The lowest BCUT2D eigenvalue weighted by Crippen LogP contribution is -2.44. The number of likely N-dealkylation sites (N-methyl/N-ethyl adjacent to an activating group) is 1. The second-order valence-electron chi connectivity index (χ2n) is 9.25.